The van der Waals surface area contributed by atoms with Crippen LogP contribution in [0.5, 0.6) is 0 Å². The van der Waals surface area contributed by atoms with Gasteiger partial charge in [-0.25, -0.2) is 4.98 Å². The molecule has 2 aromatic rings. The highest BCUT2D eigenvalue weighted by Gasteiger charge is 2.13. The zero-order chi connectivity index (χ0) is 11.8. The van der Waals surface area contributed by atoms with Gasteiger partial charge < -0.3 is 5.32 Å². The lowest BCUT2D eigenvalue weighted by molar-refractivity contribution is 0.633. The van der Waals surface area contributed by atoms with E-state index in [1.807, 2.05) is 23.2 Å². The van der Waals surface area contributed by atoms with E-state index in [0.717, 1.165) is 16.5 Å². The van der Waals surface area contributed by atoms with Crippen molar-refractivity contribution in [1.29, 1.82) is 0 Å². The molecular weight excluding hydrogens is 220 g/mol. The molecule has 0 atom stereocenters. The molecule has 5 heteroatoms. The highest BCUT2D eigenvalue weighted by atomic mass is 32.1. The summed E-state index contributed by atoms with van der Waals surface area (Å²) in [6.07, 6.45) is 1.78. The Labute approximate surface area is 99.3 Å². The van der Waals surface area contributed by atoms with Crippen molar-refractivity contribution < 1.29 is 0 Å². The lowest BCUT2D eigenvalue weighted by Crippen LogP contribution is -2.25. The van der Waals surface area contributed by atoms with Crippen LogP contribution in [0.25, 0.3) is 11.4 Å². The summed E-state index contributed by atoms with van der Waals surface area (Å²) < 4.78 is 1.83. The zero-order valence-corrected chi connectivity index (χ0v) is 10.8. The third-order valence-corrected chi connectivity index (χ3v) is 2.83. The fraction of sp³-hybridized carbons (Fsp3) is 0.455. The van der Waals surface area contributed by atoms with Crippen molar-refractivity contribution >= 4 is 16.5 Å². The summed E-state index contributed by atoms with van der Waals surface area (Å²) >= 11 is 1.62. The van der Waals surface area contributed by atoms with Crippen molar-refractivity contribution in [2.24, 2.45) is 7.05 Å². The molecule has 2 rings (SSSR count). The van der Waals surface area contributed by atoms with Gasteiger partial charge in [-0.15, -0.1) is 11.3 Å². The minimum absolute atomic E-state index is 0.0432. The maximum absolute atomic E-state index is 4.55. The molecule has 2 aromatic heterocycles. The molecule has 0 aromatic carbocycles. The van der Waals surface area contributed by atoms with Crippen LogP contribution in [0.2, 0.25) is 0 Å². The lowest BCUT2D eigenvalue weighted by atomic mass is 10.1. The number of anilines is 1. The SMILES string of the molecule is Cn1nccc1-c1csc(NC(C)(C)C)n1. The van der Waals surface area contributed by atoms with Gasteiger partial charge in [0.15, 0.2) is 5.13 Å². The number of nitrogens with one attached hydrogen (secondary N) is 1. The average molecular weight is 236 g/mol. The topological polar surface area (TPSA) is 42.7 Å². The minimum Gasteiger partial charge on any atom is -0.357 e. The summed E-state index contributed by atoms with van der Waals surface area (Å²) in [5.41, 5.74) is 2.05. The van der Waals surface area contributed by atoms with Crippen LogP contribution in [0, 0.1) is 0 Å². The fourth-order valence-electron chi connectivity index (χ4n) is 1.39. The Bertz CT molecular complexity index is 478. The molecule has 2 heterocycles. The summed E-state index contributed by atoms with van der Waals surface area (Å²) in [6, 6.07) is 1.97. The number of rotatable bonds is 2. The van der Waals surface area contributed by atoms with E-state index < -0.39 is 0 Å². The predicted octanol–water partition coefficient (Wildman–Crippen LogP) is 2.75. The van der Waals surface area contributed by atoms with Gasteiger partial charge in [-0.1, -0.05) is 0 Å². The van der Waals surface area contributed by atoms with E-state index in [9.17, 15) is 0 Å². The summed E-state index contributed by atoms with van der Waals surface area (Å²) in [4.78, 5) is 4.55. The van der Waals surface area contributed by atoms with E-state index in [1.54, 1.807) is 17.5 Å². The second kappa shape index (κ2) is 3.90. The van der Waals surface area contributed by atoms with Crippen LogP contribution >= 0.6 is 11.3 Å². The van der Waals surface area contributed by atoms with Crippen molar-refractivity contribution in [3.8, 4) is 11.4 Å². The van der Waals surface area contributed by atoms with Crippen molar-refractivity contribution in [3.05, 3.63) is 17.6 Å². The Morgan fingerprint density at radius 2 is 2.12 bits per heavy atom. The molecule has 0 radical (unpaired) electrons. The Hall–Kier alpha value is -1.36. The molecule has 0 unspecified atom stereocenters. The number of nitrogens with zero attached hydrogens (tertiary/aromatic N) is 3. The number of thiazole rings is 1. The van der Waals surface area contributed by atoms with E-state index in [0.29, 0.717) is 0 Å². The molecule has 0 saturated carbocycles. The molecule has 0 bridgehead atoms. The third-order valence-electron chi connectivity index (χ3n) is 2.07. The number of aryl methyl sites for hydroxylation is 1. The molecular formula is C11H16N4S. The first-order valence-electron chi connectivity index (χ1n) is 5.18. The maximum atomic E-state index is 4.55. The minimum atomic E-state index is 0.0432. The molecule has 4 nitrogen and oxygen atoms in total. The molecule has 0 aliphatic carbocycles. The highest BCUT2D eigenvalue weighted by molar-refractivity contribution is 7.14. The second-order valence-corrected chi connectivity index (χ2v) is 5.61. The standard InChI is InChI=1S/C11H16N4S/c1-11(2,3)14-10-13-8(7-16-10)9-5-6-12-15(9)4/h5-7H,1-4H3,(H,13,14). The summed E-state index contributed by atoms with van der Waals surface area (Å²) in [6.45, 7) is 6.37. The summed E-state index contributed by atoms with van der Waals surface area (Å²) in [7, 11) is 1.92. The van der Waals surface area contributed by atoms with Gasteiger partial charge in [0, 0.05) is 24.2 Å². The highest BCUT2D eigenvalue weighted by Crippen LogP contribution is 2.25. The second-order valence-electron chi connectivity index (χ2n) is 4.75. The van der Waals surface area contributed by atoms with E-state index >= 15 is 0 Å². The quantitative estimate of drug-likeness (QED) is 0.872. The molecule has 1 N–H and O–H groups in total. The fourth-order valence-corrected chi connectivity index (χ4v) is 2.31. The van der Waals surface area contributed by atoms with Gasteiger partial charge in [-0.3, -0.25) is 4.68 Å². The van der Waals surface area contributed by atoms with E-state index in [1.165, 1.54) is 0 Å². The van der Waals surface area contributed by atoms with Gasteiger partial charge in [-0.2, -0.15) is 5.10 Å². The summed E-state index contributed by atoms with van der Waals surface area (Å²) in [5, 5.41) is 10.5. The molecule has 0 aliphatic rings. The Morgan fingerprint density at radius 3 is 2.69 bits per heavy atom. The molecule has 0 aliphatic heterocycles. The maximum Gasteiger partial charge on any atom is 0.183 e. The van der Waals surface area contributed by atoms with Gasteiger partial charge in [0.05, 0.1) is 5.69 Å². The molecule has 0 spiro atoms. The molecule has 0 fully saturated rings. The summed E-state index contributed by atoms with van der Waals surface area (Å²) in [5.74, 6) is 0. The molecule has 16 heavy (non-hydrogen) atoms. The van der Waals surface area contributed by atoms with Gasteiger partial charge >= 0.3 is 0 Å². The Balaban J connectivity index is 2.24. The van der Waals surface area contributed by atoms with Crippen molar-refractivity contribution in [3.63, 3.8) is 0 Å². The zero-order valence-electron chi connectivity index (χ0n) is 9.98. The van der Waals surface area contributed by atoms with Crippen molar-refractivity contribution in [2.45, 2.75) is 26.3 Å². The molecule has 0 amide bonds. The van der Waals surface area contributed by atoms with Gasteiger partial charge in [0.2, 0.25) is 0 Å². The lowest BCUT2D eigenvalue weighted by Gasteiger charge is -2.19. The predicted molar refractivity (Wildman–Crippen MR) is 67.7 cm³/mol. The first-order valence-corrected chi connectivity index (χ1v) is 6.06. The number of hydrogen-bond donors (Lipinski definition) is 1. The van der Waals surface area contributed by atoms with Gasteiger partial charge in [0.25, 0.3) is 0 Å². The van der Waals surface area contributed by atoms with Crippen LogP contribution in [0.4, 0.5) is 5.13 Å². The van der Waals surface area contributed by atoms with Crippen LogP contribution in [0.1, 0.15) is 20.8 Å². The first kappa shape index (κ1) is 11.1. The molecule has 86 valence electrons. The number of aromatic nitrogens is 3. The van der Waals surface area contributed by atoms with E-state index in [4.69, 9.17) is 0 Å². The van der Waals surface area contributed by atoms with Crippen molar-refractivity contribution in [1.82, 2.24) is 14.8 Å². The van der Waals surface area contributed by atoms with Crippen LogP contribution in [0.3, 0.4) is 0 Å². The Kier molecular flexibility index (Phi) is 2.71. The smallest absolute Gasteiger partial charge is 0.183 e. The van der Waals surface area contributed by atoms with E-state index in [2.05, 4.69) is 36.2 Å². The first-order chi connectivity index (χ1) is 7.46. The van der Waals surface area contributed by atoms with Crippen LogP contribution in [-0.2, 0) is 7.05 Å². The Morgan fingerprint density at radius 1 is 1.38 bits per heavy atom. The normalized spacial score (nSPS) is 11.8. The monoisotopic (exact) mass is 236 g/mol. The van der Waals surface area contributed by atoms with Crippen LogP contribution in [0.15, 0.2) is 17.6 Å². The molecule has 0 saturated heterocycles. The number of hydrogen-bond acceptors (Lipinski definition) is 4. The third kappa shape index (κ3) is 2.41. The van der Waals surface area contributed by atoms with Gasteiger partial charge in [-0.05, 0) is 26.8 Å². The average Bonchev–Trinajstić information content (AvgIpc) is 2.71. The largest absolute Gasteiger partial charge is 0.357 e. The van der Waals surface area contributed by atoms with E-state index in [-0.39, 0.29) is 5.54 Å². The van der Waals surface area contributed by atoms with Crippen LogP contribution < -0.4 is 5.32 Å². The van der Waals surface area contributed by atoms with Crippen LogP contribution in [-0.4, -0.2) is 20.3 Å². The van der Waals surface area contributed by atoms with Gasteiger partial charge in [0.1, 0.15) is 5.69 Å². The van der Waals surface area contributed by atoms with Crippen molar-refractivity contribution in [2.75, 3.05) is 5.32 Å².